The molecule has 110 valence electrons. The van der Waals surface area contributed by atoms with Crippen LogP contribution in [-0.4, -0.2) is 34.5 Å². The summed E-state index contributed by atoms with van der Waals surface area (Å²) in [7, 11) is 0. The third-order valence-corrected chi connectivity index (χ3v) is 3.73. The summed E-state index contributed by atoms with van der Waals surface area (Å²) in [4.78, 5) is 14.4. The Morgan fingerprint density at radius 1 is 1.40 bits per heavy atom. The lowest BCUT2D eigenvalue weighted by atomic mass is 10.1. The summed E-state index contributed by atoms with van der Waals surface area (Å²) in [6.07, 6.45) is 4.87. The third-order valence-electron chi connectivity index (χ3n) is 3.73. The highest BCUT2D eigenvalue weighted by Gasteiger charge is 2.34. The molecule has 20 heavy (non-hydrogen) atoms. The van der Waals surface area contributed by atoms with Crippen LogP contribution in [0.2, 0.25) is 0 Å². The van der Waals surface area contributed by atoms with E-state index in [2.05, 4.69) is 6.92 Å². The van der Waals surface area contributed by atoms with Crippen molar-refractivity contribution in [3.8, 4) is 5.75 Å². The smallest absolute Gasteiger partial charge is 0.240 e. The molecule has 0 bridgehead atoms. The number of hydrogen-bond donors (Lipinski definition) is 2. The molecule has 1 amide bonds. The van der Waals surface area contributed by atoms with E-state index in [9.17, 15) is 9.90 Å². The second-order valence-electron chi connectivity index (χ2n) is 5.59. The van der Waals surface area contributed by atoms with Gasteiger partial charge in [0.1, 0.15) is 5.75 Å². The average molecular weight is 276 g/mol. The first kappa shape index (κ1) is 14.9. The van der Waals surface area contributed by atoms with Crippen molar-refractivity contribution < 1.29 is 9.90 Å². The summed E-state index contributed by atoms with van der Waals surface area (Å²) in [6, 6.07) is 6.81. The Hall–Kier alpha value is -1.55. The lowest BCUT2D eigenvalue weighted by molar-refractivity contribution is -0.133. The predicted octanol–water partition coefficient (Wildman–Crippen LogP) is 2.05. The van der Waals surface area contributed by atoms with Gasteiger partial charge in [0, 0.05) is 12.6 Å². The largest absolute Gasteiger partial charge is 0.508 e. The Kier molecular flexibility index (Phi) is 5.01. The van der Waals surface area contributed by atoms with Crippen LogP contribution in [-0.2, 0) is 11.2 Å². The minimum atomic E-state index is -0.489. The Balaban J connectivity index is 1.93. The summed E-state index contributed by atoms with van der Waals surface area (Å²) < 4.78 is 0. The second kappa shape index (κ2) is 6.75. The van der Waals surface area contributed by atoms with E-state index in [0.717, 1.165) is 37.8 Å². The number of amides is 1. The van der Waals surface area contributed by atoms with Crippen molar-refractivity contribution in [1.82, 2.24) is 4.90 Å². The molecule has 2 rings (SSSR count). The van der Waals surface area contributed by atoms with Crippen LogP contribution in [0.15, 0.2) is 24.3 Å². The molecule has 3 N–H and O–H groups in total. The van der Waals surface area contributed by atoms with Crippen LogP contribution in [0.5, 0.6) is 5.75 Å². The zero-order valence-corrected chi connectivity index (χ0v) is 12.1. The minimum absolute atomic E-state index is 0.0639. The van der Waals surface area contributed by atoms with Gasteiger partial charge in [-0.1, -0.05) is 25.5 Å². The van der Waals surface area contributed by atoms with E-state index in [4.69, 9.17) is 5.73 Å². The lowest BCUT2D eigenvalue weighted by Gasteiger charge is -2.25. The molecular formula is C16H24N2O2. The van der Waals surface area contributed by atoms with Crippen LogP contribution in [0.4, 0.5) is 0 Å². The Morgan fingerprint density at radius 3 is 2.60 bits per heavy atom. The van der Waals surface area contributed by atoms with Crippen molar-refractivity contribution in [2.75, 3.05) is 6.54 Å². The molecule has 0 aliphatic heterocycles. The molecule has 4 heteroatoms. The van der Waals surface area contributed by atoms with Crippen LogP contribution in [0, 0.1) is 0 Å². The number of benzene rings is 1. The number of phenols is 1. The molecule has 1 aliphatic carbocycles. The Labute approximate surface area is 120 Å². The highest BCUT2D eigenvalue weighted by atomic mass is 16.3. The first-order valence-electron chi connectivity index (χ1n) is 7.45. The van der Waals surface area contributed by atoms with E-state index in [-0.39, 0.29) is 11.7 Å². The van der Waals surface area contributed by atoms with E-state index in [1.807, 2.05) is 17.0 Å². The fraction of sp³-hybridized carbons (Fsp3) is 0.562. The molecule has 1 unspecified atom stereocenters. The molecule has 0 spiro atoms. The van der Waals surface area contributed by atoms with Crippen molar-refractivity contribution in [3.05, 3.63) is 29.8 Å². The number of hydrogen-bond acceptors (Lipinski definition) is 3. The number of carbonyl (C=O) groups is 1. The van der Waals surface area contributed by atoms with Crippen LogP contribution in [0.1, 0.15) is 38.2 Å². The molecule has 1 aromatic rings. The van der Waals surface area contributed by atoms with E-state index < -0.39 is 6.04 Å². The molecule has 1 atom stereocenters. The van der Waals surface area contributed by atoms with Gasteiger partial charge in [-0.25, -0.2) is 0 Å². The molecule has 1 fully saturated rings. The molecule has 0 aromatic heterocycles. The van der Waals surface area contributed by atoms with E-state index in [1.165, 1.54) is 0 Å². The SMILES string of the molecule is CCCCN(C(=O)C(N)Cc1ccc(O)cc1)C1CC1. The molecule has 4 nitrogen and oxygen atoms in total. The summed E-state index contributed by atoms with van der Waals surface area (Å²) in [5.74, 6) is 0.297. The van der Waals surface area contributed by atoms with Crippen LogP contribution < -0.4 is 5.73 Å². The van der Waals surface area contributed by atoms with E-state index in [1.54, 1.807) is 12.1 Å². The van der Waals surface area contributed by atoms with Crippen LogP contribution in [0.3, 0.4) is 0 Å². The van der Waals surface area contributed by atoms with Gasteiger partial charge in [-0.2, -0.15) is 0 Å². The summed E-state index contributed by atoms with van der Waals surface area (Å²) in [6.45, 7) is 2.95. The van der Waals surface area contributed by atoms with Gasteiger partial charge in [-0.3, -0.25) is 4.79 Å². The first-order valence-corrected chi connectivity index (χ1v) is 7.45. The lowest BCUT2D eigenvalue weighted by Crippen LogP contribution is -2.46. The van der Waals surface area contributed by atoms with Gasteiger partial charge < -0.3 is 15.7 Å². The summed E-state index contributed by atoms with van der Waals surface area (Å²) in [5, 5.41) is 9.26. The number of aromatic hydroxyl groups is 1. The zero-order valence-electron chi connectivity index (χ0n) is 12.1. The number of carbonyl (C=O) groups excluding carboxylic acids is 1. The van der Waals surface area contributed by atoms with Gasteiger partial charge >= 0.3 is 0 Å². The first-order chi connectivity index (χ1) is 9.61. The monoisotopic (exact) mass is 276 g/mol. The van der Waals surface area contributed by atoms with Crippen molar-refractivity contribution >= 4 is 5.91 Å². The van der Waals surface area contributed by atoms with Gasteiger partial charge in [0.2, 0.25) is 5.91 Å². The maximum absolute atomic E-state index is 12.5. The Morgan fingerprint density at radius 2 is 2.05 bits per heavy atom. The highest BCUT2D eigenvalue weighted by Crippen LogP contribution is 2.28. The molecule has 1 aliphatic rings. The van der Waals surface area contributed by atoms with Gasteiger partial charge in [0.05, 0.1) is 6.04 Å². The molecule has 0 heterocycles. The number of unbranched alkanes of at least 4 members (excludes halogenated alkanes) is 1. The van der Waals surface area contributed by atoms with Gasteiger partial charge in [-0.05, 0) is 43.4 Å². The fourth-order valence-corrected chi connectivity index (χ4v) is 2.37. The highest BCUT2D eigenvalue weighted by molar-refractivity contribution is 5.82. The van der Waals surface area contributed by atoms with Crippen molar-refractivity contribution in [2.24, 2.45) is 5.73 Å². The molecule has 0 radical (unpaired) electrons. The maximum atomic E-state index is 12.5. The average Bonchev–Trinajstić information content (AvgIpc) is 3.26. The molecular weight excluding hydrogens is 252 g/mol. The van der Waals surface area contributed by atoms with Crippen molar-refractivity contribution in [1.29, 1.82) is 0 Å². The zero-order chi connectivity index (χ0) is 14.5. The van der Waals surface area contributed by atoms with Crippen molar-refractivity contribution in [2.45, 2.75) is 51.1 Å². The second-order valence-corrected chi connectivity index (χ2v) is 5.59. The van der Waals surface area contributed by atoms with Crippen LogP contribution in [0.25, 0.3) is 0 Å². The quantitative estimate of drug-likeness (QED) is 0.801. The minimum Gasteiger partial charge on any atom is -0.508 e. The van der Waals surface area contributed by atoms with E-state index >= 15 is 0 Å². The number of nitrogens with zero attached hydrogens (tertiary/aromatic N) is 1. The maximum Gasteiger partial charge on any atom is 0.240 e. The van der Waals surface area contributed by atoms with E-state index in [0.29, 0.717) is 12.5 Å². The van der Waals surface area contributed by atoms with Gasteiger partial charge in [-0.15, -0.1) is 0 Å². The molecule has 0 saturated heterocycles. The standard InChI is InChI=1S/C16H24N2O2/c1-2-3-10-18(13-6-7-13)16(20)15(17)11-12-4-8-14(19)9-5-12/h4-5,8-9,13,15,19H,2-3,6-7,10-11,17H2,1H3. The predicted molar refractivity (Wildman–Crippen MR) is 79.4 cm³/mol. The number of phenolic OH excluding ortho intramolecular Hbond substituents is 1. The van der Waals surface area contributed by atoms with Crippen molar-refractivity contribution in [3.63, 3.8) is 0 Å². The third kappa shape index (κ3) is 3.97. The topological polar surface area (TPSA) is 66.6 Å². The normalized spacial score (nSPS) is 15.9. The Bertz CT molecular complexity index is 440. The van der Waals surface area contributed by atoms with Gasteiger partial charge in [0.25, 0.3) is 0 Å². The molecule has 1 saturated carbocycles. The summed E-state index contributed by atoms with van der Waals surface area (Å²) >= 11 is 0. The van der Waals surface area contributed by atoms with Gasteiger partial charge in [0.15, 0.2) is 0 Å². The molecule has 1 aromatic carbocycles. The van der Waals surface area contributed by atoms with Crippen LogP contribution >= 0.6 is 0 Å². The summed E-state index contributed by atoms with van der Waals surface area (Å²) in [5.41, 5.74) is 7.05. The number of rotatable bonds is 7. The number of nitrogens with two attached hydrogens (primary N) is 1. The fourth-order valence-electron chi connectivity index (χ4n) is 2.37.